The minimum Gasteiger partial charge on any atom is -0.302 e. The lowest BCUT2D eigenvalue weighted by molar-refractivity contribution is 0.180. The molecule has 0 atom stereocenters. The molecule has 2 aliphatic carbocycles. The van der Waals surface area contributed by atoms with Gasteiger partial charge in [0.1, 0.15) is 0 Å². The minimum atomic E-state index is 0.206. The number of nitrogens with zero attached hydrogens (tertiary/aromatic N) is 1. The van der Waals surface area contributed by atoms with Crippen LogP contribution in [-0.2, 0) is 5.41 Å². The number of benzene rings is 3. The first-order valence-corrected chi connectivity index (χ1v) is 10.8. The first kappa shape index (κ1) is 16.6. The minimum absolute atomic E-state index is 0.206. The van der Waals surface area contributed by atoms with Crippen LogP contribution in [0.3, 0.4) is 0 Å². The van der Waals surface area contributed by atoms with E-state index in [0.29, 0.717) is 5.92 Å². The second kappa shape index (κ2) is 6.32. The van der Waals surface area contributed by atoms with E-state index in [0.717, 1.165) is 5.92 Å². The summed E-state index contributed by atoms with van der Waals surface area (Å²) in [6.45, 7) is 3.62. The van der Waals surface area contributed by atoms with Crippen molar-refractivity contribution >= 4 is 0 Å². The van der Waals surface area contributed by atoms with Gasteiger partial charge in [-0.3, -0.25) is 0 Å². The van der Waals surface area contributed by atoms with E-state index in [1.807, 2.05) is 0 Å². The summed E-state index contributed by atoms with van der Waals surface area (Å²) in [5, 5.41) is 0. The number of likely N-dealkylation sites (tertiary alicyclic amines) is 1. The number of fused-ring (bicyclic) bond motifs is 8. The van der Waals surface area contributed by atoms with Crippen molar-refractivity contribution in [2.75, 3.05) is 19.6 Å². The zero-order valence-corrected chi connectivity index (χ0v) is 16.4. The Balaban J connectivity index is 1.29. The number of rotatable bonds is 3. The molecule has 28 heavy (non-hydrogen) atoms. The van der Waals surface area contributed by atoms with Gasteiger partial charge in [-0.15, -0.1) is 0 Å². The fourth-order valence-electron chi connectivity index (χ4n) is 6.34. The summed E-state index contributed by atoms with van der Waals surface area (Å²) < 4.78 is 0. The predicted molar refractivity (Wildman–Crippen MR) is 115 cm³/mol. The van der Waals surface area contributed by atoms with Crippen molar-refractivity contribution in [2.24, 2.45) is 0 Å². The van der Waals surface area contributed by atoms with Gasteiger partial charge in [-0.05, 0) is 66.1 Å². The Morgan fingerprint density at radius 2 is 1.29 bits per heavy atom. The zero-order chi connectivity index (χ0) is 18.6. The topological polar surface area (TPSA) is 3.24 Å². The van der Waals surface area contributed by atoms with Gasteiger partial charge < -0.3 is 4.90 Å². The van der Waals surface area contributed by atoms with Crippen molar-refractivity contribution in [1.82, 2.24) is 4.90 Å². The lowest BCUT2D eigenvalue weighted by Gasteiger charge is -2.40. The van der Waals surface area contributed by atoms with Crippen LogP contribution in [0.15, 0.2) is 78.9 Å². The van der Waals surface area contributed by atoms with Crippen LogP contribution in [0.2, 0.25) is 0 Å². The van der Waals surface area contributed by atoms with Gasteiger partial charge >= 0.3 is 0 Å². The molecule has 0 spiro atoms. The monoisotopic (exact) mass is 365 g/mol. The van der Waals surface area contributed by atoms with Crippen molar-refractivity contribution in [1.29, 1.82) is 0 Å². The molecule has 0 radical (unpaired) electrons. The van der Waals surface area contributed by atoms with Gasteiger partial charge in [-0.25, -0.2) is 0 Å². The molecule has 140 valence electrons. The molecular weight excluding hydrogens is 338 g/mol. The Bertz CT molecular complexity index is 950. The molecule has 0 saturated carbocycles. The molecule has 1 nitrogen and oxygen atoms in total. The Morgan fingerprint density at radius 1 is 0.714 bits per heavy atom. The first-order valence-electron chi connectivity index (χ1n) is 10.8. The maximum absolute atomic E-state index is 2.75. The third-order valence-corrected chi connectivity index (χ3v) is 7.61. The van der Waals surface area contributed by atoms with Crippen molar-refractivity contribution in [3.05, 3.63) is 107 Å². The lowest BCUT2D eigenvalue weighted by Crippen LogP contribution is -2.43. The largest absolute Gasteiger partial charge is 0.302 e. The Hall–Kier alpha value is -2.38. The van der Waals surface area contributed by atoms with Crippen molar-refractivity contribution < 1.29 is 0 Å². The maximum Gasteiger partial charge on any atom is 0.0344 e. The van der Waals surface area contributed by atoms with Crippen LogP contribution in [0.1, 0.15) is 58.9 Å². The summed E-state index contributed by atoms with van der Waals surface area (Å²) in [5.41, 5.74) is 8.10. The van der Waals surface area contributed by atoms with E-state index in [1.54, 1.807) is 22.3 Å². The summed E-state index contributed by atoms with van der Waals surface area (Å²) in [7, 11) is 0. The maximum atomic E-state index is 2.75. The average Bonchev–Trinajstić information content (AvgIpc) is 3.27. The molecule has 1 saturated heterocycles. The Morgan fingerprint density at radius 3 is 1.93 bits per heavy atom. The molecule has 0 amide bonds. The fourth-order valence-corrected chi connectivity index (χ4v) is 6.34. The average molecular weight is 366 g/mol. The van der Waals surface area contributed by atoms with Crippen LogP contribution < -0.4 is 0 Å². The summed E-state index contributed by atoms with van der Waals surface area (Å²) >= 11 is 0. The van der Waals surface area contributed by atoms with Crippen LogP contribution in [-0.4, -0.2) is 24.5 Å². The molecule has 3 aromatic rings. The number of hydrogen-bond acceptors (Lipinski definition) is 1. The molecule has 0 N–H and O–H groups in total. The van der Waals surface area contributed by atoms with E-state index < -0.39 is 0 Å². The van der Waals surface area contributed by atoms with Crippen LogP contribution in [0.5, 0.6) is 0 Å². The highest BCUT2D eigenvalue weighted by Gasteiger charge is 2.53. The normalized spacial score (nSPS) is 26.2. The fraction of sp³-hybridized carbons (Fsp3) is 0.333. The van der Waals surface area contributed by atoms with E-state index in [9.17, 15) is 0 Å². The second-order valence-electron chi connectivity index (χ2n) is 8.97. The lowest BCUT2D eigenvalue weighted by atomic mass is 9.74. The molecule has 1 fully saturated rings. The molecule has 1 heteroatoms. The smallest absolute Gasteiger partial charge is 0.0344 e. The van der Waals surface area contributed by atoms with Crippen LogP contribution in [0, 0.1) is 0 Å². The molecule has 6 rings (SSSR count). The van der Waals surface area contributed by atoms with Crippen molar-refractivity contribution in [3.8, 4) is 0 Å². The molecule has 1 aliphatic heterocycles. The summed E-state index contributed by atoms with van der Waals surface area (Å²) in [6, 6.07) is 29.6. The summed E-state index contributed by atoms with van der Waals surface area (Å²) in [5.74, 6) is 1.34. The van der Waals surface area contributed by atoms with Crippen LogP contribution in [0.4, 0.5) is 0 Å². The SMILES string of the molecule is c1ccc(C2CCN(CC34CC(c5ccccc53)c3ccccc34)CC2)cc1. The zero-order valence-electron chi connectivity index (χ0n) is 16.4. The third-order valence-electron chi connectivity index (χ3n) is 7.61. The van der Waals surface area contributed by atoms with Gasteiger partial charge in [0.05, 0.1) is 0 Å². The molecule has 3 aromatic carbocycles. The molecule has 0 unspecified atom stereocenters. The van der Waals surface area contributed by atoms with E-state index in [-0.39, 0.29) is 5.41 Å². The Kier molecular flexibility index (Phi) is 3.74. The molecular formula is C27H27N. The van der Waals surface area contributed by atoms with Gasteiger partial charge in [0.2, 0.25) is 0 Å². The highest BCUT2D eigenvalue weighted by molar-refractivity contribution is 5.62. The number of piperidine rings is 1. The standard InChI is InChI=1S/C27H27N/c1-2-8-20(9-3-1)21-14-16-28(17-15-21)19-27-18-24(22-10-4-6-12-25(22)27)23-11-5-7-13-26(23)27/h1-13,21,24H,14-19H2. The van der Waals surface area contributed by atoms with Gasteiger partial charge in [-0.2, -0.15) is 0 Å². The van der Waals surface area contributed by atoms with Gasteiger partial charge in [0, 0.05) is 17.9 Å². The van der Waals surface area contributed by atoms with Crippen molar-refractivity contribution in [3.63, 3.8) is 0 Å². The molecule has 0 aromatic heterocycles. The number of hydrogen-bond donors (Lipinski definition) is 0. The Labute approximate surface area is 168 Å². The second-order valence-corrected chi connectivity index (χ2v) is 8.97. The first-order chi connectivity index (χ1) is 13.9. The van der Waals surface area contributed by atoms with E-state index >= 15 is 0 Å². The highest BCUT2D eigenvalue weighted by atomic mass is 15.1. The van der Waals surface area contributed by atoms with Crippen LogP contribution in [0.25, 0.3) is 0 Å². The van der Waals surface area contributed by atoms with Gasteiger partial charge in [0.25, 0.3) is 0 Å². The molecule has 1 heterocycles. The molecule has 2 bridgehead atoms. The van der Waals surface area contributed by atoms with Crippen molar-refractivity contribution in [2.45, 2.75) is 36.5 Å². The van der Waals surface area contributed by atoms with Gasteiger partial charge in [-0.1, -0.05) is 78.9 Å². The predicted octanol–water partition coefficient (Wildman–Crippen LogP) is 5.70. The summed E-state index contributed by atoms with van der Waals surface area (Å²) in [4.78, 5) is 2.75. The highest BCUT2D eigenvalue weighted by Crippen LogP contribution is 2.60. The van der Waals surface area contributed by atoms with E-state index in [2.05, 4.69) is 83.8 Å². The summed E-state index contributed by atoms with van der Waals surface area (Å²) in [6.07, 6.45) is 3.84. The van der Waals surface area contributed by atoms with E-state index in [4.69, 9.17) is 0 Å². The van der Waals surface area contributed by atoms with Crippen LogP contribution >= 0.6 is 0 Å². The third kappa shape index (κ3) is 2.36. The van der Waals surface area contributed by atoms with E-state index in [1.165, 1.54) is 44.5 Å². The van der Waals surface area contributed by atoms with Gasteiger partial charge in [0.15, 0.2) is 0 Å². The quantitative estimate of drug-likeness (QED) is 0.575. The molecule has 3 aliphatic rings.